The SMILES string of the molecule is Cc1ccc(-n2nc(-c3noc(C(=O)NCCc4ccccc4)n3)c(=O)n(C)c2=O)cc1. The van der Waals surface area contributed by atoms with Gasteiger partial charge in [-0.1, -0.05) is 53.2 Å². The molecule has 162 valence electrons. The Morgan fingerprint density at radius 3 is 2.50 bits per heavy atom. The van der Waals surface area contributed by atoms with E-state index in [1.807, 2.05) is 49.4 Å². The van der Waals surface area contributed by atoms with Crippen molar-refractivity contribution in [2.24, 2.45) is 7.05 Å². The summed E-state index contributed by atoms with van der Waals surface area (Å²) in [5.41, 5.74) is 1.03. The molecular formula is C22H20N6O4. The predicted octanol–water partition coefficient (Wildman–Crippen LogP) is 1.26. The molecule has 0 bridgehead atoms. The number of hydrogen-bond acceptors (Lipinski definition) is 7. The highest BCUT2D eigenvalue weighted by Gasteiger charge is 2.21. The molecule has 4 aromatic rings. The molecule has 10 nitrogen and oxygen atoms in total. The number of aryl methyl sites for hydroxylation is 1. The van der Waals surface area contributed by atoms with Crippen molar-refractivity contribution in [1.29, 1.82) is 0 Å². The van der Waals surface area contributed by atoms with Gasteiger partial charge >= 0.3 is 17.5 Å². The molecule has 0 radical (unpaired) electrons. The molecule has 0 aliphatic rings. The van der Waals surface area contributed by atoms with Gasteiger partial charge in [-0.05, 0) is 31.0 Å². The molecule has 1 N–H and O–H groups in total. The molecule has 1 amide bonds. The maximum Gasteiger partial charge on any atom is 0.351 e. The second kappa shape index (κ2) is 8.80. The molecule has 2 heterocycles. The second-order valence-electron chi connectivity index (χ2n) is 7.16. The van der Waals surface area contributed by atoms with Crippen LogP contribution in [-0.2, 0) is 13.5 Å². The number of aromatic nitrogens is 5. The first-order valence-electron chi connectivity index (χ1n) is 9.87. The Kier molecular flexibility index (Phi) is 5.75. The fraction of sp³-hybridized carbons (Fsp3) is 0.182. The van der Waals surface area contributed by atoms with E-state index >= 15 is 0 Å². The summed E-state index contributed by atoms with van der Waals surface area (Å²) in [6.07, 6.45) is 0.636. The number of carbonyl (C=O) groups is 1. The van der Waals surface area contributed by atoms with Gasteiger partial charge in [0, 0.05) is 13.6 Å². The number of nitrogens with one attached hydrogen (secondary N) is 1. The summed E-state index contributed by atoms with van der Waals surface area (Å²) in [6.45, 7) is 2.29. The Morgan fingerprint density at radius 2 is 1.78 bits per heavy atom. The van der Waals surface area contributed by atoms with E-state index < -0.39 is 17.2 Å². The summed E-state index contributed by atoms with van der Waals surface area (Å²) in [4.78, 5) is 41.5. The minimum atomic E-state index is -0.699. The normalized spacial score (nSPS) is 10.8. The van der Waals surface area contributed by atoms with Crippen LogP contribution in [0.2, 0.25) is 0 Å². The van der Waals surface area contributed by atoms with Crippen molar-refractivity contribution in [1.82, 2.24) is 29.8 Å². The van der Waals surface area contributed by atoms with Gasteiger partial charge in [0.25, 0.3) is 5.56 Å². The highest BCUT2D eigenvalue weighted by atomic mass is 16.5. The number of rotatable bonds is 6. The molecule has 0 saturated carbocycles. The van der Waals surface area contributed by atoms with Gasteiger partial charge in [-0.25, -0.2) is 4.79 Å². The summed E-state index contributed by atoms with van der Waals surface area (Å²) in [7, 11) is 1.33. The number of hydrogen-bond donors (Lipinski definition) is 1. The fourth-order valence-corrected chi connectivity index (χ4v) is 3.02. The van der Waals surface area contributed by atoms with Crippen molar-refractivity contribution < 1.29 is 9.32 Å². The molecule has 0 saturated heterocycles. The molecular weight excluding hydrogens is 412 g/mol. The van der Waals surface area contributed by atoms with Crippen LogP contribution in [0.25, 0.3) is 17.2 Å². The van der Waals surface area contributed by atoms with Crippen LogP contribution in [0.5, 0.6) is 0 Å². The van der Waals surface area contributed by atoms with E-state index in [1.165, 1.54) is 7.05 Å². The first-order valence-corrected chi connectivity index (χ1v) is 9.87. The highest BCUT2D eigenvalue weighted by molar-refractivity contribution is 5.89. The lowest BCUT2D eigenvalue weighted by Crippen LogP contribution is -2.40. The van der Waals surface area contributed by atoms with Crippen LogP contribution in [0.3, 0.4) is 0 Å². The Morgan fingerprint density at radius 1 is 1.06 bits per heavy atom. The molecule has 0 fully saturated rings. The summed E-state index contributed by atoms with van der Waals surface area (Å²) in [5, 5.41) is 10.5. The third-order valence-electron chi connectivity index (χ3n) is 4.83. The zero-order valence-electron chi connectivity index (χ0n) is 17.5. The van der Waals surface area contributed by atoms with Gasteiger partial charge in [0.15, 0.2) is 5.69 Å². The maximum absolute atomic E-state index is 12.6. The van der Waals surface area contributed by atoms with E-state index in [1.54, 1.807) is 12.1 Å². The third kappa shape index (κ3) is 4.24. The van der Waals surface area contributed by atoms with E-state index in [9.17, 15) is 14.4 Å². The predicted molar refractivity (Wildman–Crippen MR) is 116 cm³/mol. The lowest BCUT2D eigenvalue weighted by atomic mass is 10.1. The van der Waals surface area contributed by atoms with Crippen molar-refractivity contribution in [3.63, 3.8) is 0 Å². The van der Waals surface area contributed by atoms with Gasteiger partial charge in [-0.15, -0.1) is 0 Å². The molecule has 0 unspecified atom stereocenters. The van der Waals surface area contributed by atoms with Crippen molar-refractivity contribution in [2.75, 3.05) is 6.54 Å². The largest absolute Gasteiger partial charge is 0.351 e. The first-order chi connectivity index (χ1) is 15.4. The van der Waals surface area contributed by atoms with Crippen molar-refractivity contribution in [2.45, 2.75) is 13.3 Å². The molecule has 0 atom stereocenters. The zero-order chi connectivity index (χ0) is 22.7. The van der Waals surface area contributed by atoms with E-state index in [4.69, 9.17) is 4.52 Å². The number of nitrogens with zero attached hydrogens (tertiary/aromatic N) is 5. The van der Waals surface area contributed by atoms with E-state index in [0.29, 0.717) is 18.7 Å². The smallest absolute Gasteiger partial charge is 0.347 e. The van der Waals surface area contributed by atoms with E-state index in [-0.39, 0.29) is 17.4 Å². The number of carbonyl (C=O) groups excluding carboxylic acids is 1. The standard InChI is InChI=1S/C22H20N6O4/c1-14-8-10-16(11-9-14)28-22(31)27(2)21(30)17(25-28)18-24-20(32-26-18)19(29)23-13-12-15-6-4-3-5-7-15/h3-11H,12-13H2,1-2H3,(H,23,29). The Bertz CT molecular complexity index is 1370. The van der Waals surface area contributed by atoms with Crippen LogP contribution < -0.4 is 16.6 Å². The van der Waals surface area contributed by atoms with Gasteiger partial charge in [0.1, 0.15) is 0 Å². The quantitative estimate of drug-likeness (QED) is 0.486. The van der Waals surface area contributed by atoms with Gasteiger partial charge in [-0.3, -0.25) is 14.2 Å². The van der Waals surface area contributed by atoms with Crippen LogP contribution in [-0.4, -0.2) is 36.9 Å². The molecule has 0 spiro atoms. The zero-order valence-corrected chi connectivity index (χ0v) is 17.5. The molecule has 2 aromatic heterocycles. The lowest BCUT2D eigenvalue weighted by Gasteiger charge is -2.08. The summed E-state index contributed by atoms with van der Waals surface area (Å²) in [5.74, 6) is -1.05. The Labute approximate surface area is 182 Å². The molecule has 32 heavy (non-hydrogen) atoms. The topological polar surface area (TPSA) is 125 Å². The minimum Gasteiger partial charge on any atom is -0.347 e. The summed E-state index contributed by atoms with van der Waals surface area (Å²) < 4.78 is 7.00. The molecule has 0 aliphatic heterocycles. The maximum atomic E-state index is 12.6. The van der Waals surface area contributed by atoms with Crippen LogP contribution >= 0.6 is 0 Å². The summed E-state index contributed by atoms with van der Waals surface area (Å²) >= 11 is 0. The number of benzene rings is 2. The highest BCUT2D eigenvalue weighted by Crippen LogP contribution is 2.10. The van der Waals surface area contributed by atoms with Crippen LogP contribution in [0.15, 0.2) is 68.7 Å². The van der Waals surface area contributed by atoms with Gasteiger partial charge in [-0.2, -0.15) is 14.8 Å². The van der Waals surface area contributed by atoms with Crippen molar-refractivity contribution in [3.8, 4) is 17.2 Å². The first kappa shape index (κ1) is 20.9. The van der Waals surface area contributed by atoms with Crippen molar-refractivity contribution in [3.05, 3.63) is 92.5 Å². The number of amides is 1. The Balaban J connectivity index is 1.58. The lowest BCUT2D eigenvalue weighted by molar-refractivity contribution is 0.0910. The molecule has 4 rings (SSSR count). The average molecular weight is 432 g/mol. The van der Waals surface area contributed by atoms with Gasteiger partial charge in [0.2, 0.25) is 5.82 Å². The van der Waals surface area contributed by atoms with Crippen LogP contribution in [0.4, 0.5) is 0 Å². The molecule has 2 aromatic carbocycles. The van der Waals surface area contributed by atoms with Gasteiger partial charge in [0.05, 0.1) is 5.69 Å². The summed E-state index contributed by atoms with van der Waals surface area (Å²) in [6, 6.07) is 16.7. The third-order valence-corrected chi connectivity index (χ3v) is 4.83. The van der Waals surface area contributed by atoms with Crippen LogP contribution in [0, 0.1) is 6.92 Å². The monoisotopic (exact) mass is 432 g/mol. The average Bonchev–Trinajstić information content (AvgIpc) is 3.29. The van der Waals surface area contributed by atoms with E-state index in [0.717, 1.165) is 20.4 Å². The molecule has 10 heteroatoms. The van der Waals surface area contributed by atoms with Crippen molar-refractivity contribution >= 4 is 5.91 Å². The van der Waals surface area contributed by atoms with E-state index in [2.05, 4.69) is 20.6 Å². The van der Waals surface area contributed by atoms with Crippen LogP contribution in [0.1, 0.15) is 21.8 Å². The fourth-order valence-electron chi connectivity index (χ4n) is 3.02. The minimum absolute atomic E-state index is 0.181. The van der Waals surface area contributed by atoms with Gasteiger partial charge < -0.3 is 9.84 Å². The Hall–Kier alpha value is -4.34. The molecule has 0 aliphatic carbocycles. The second-order valence-corrected chi connectivity index (χ2v) is 7.16.